The van der Waals surface area contributed by atoms with E-state index in [1.165, 1.54) is 30.6 Å². The third kappa shape index (κ3) is 3.44. The normalized spacial score (nSPS) is 13.1. The van der Waals surface area contributed by atoms with Crippen molar-refractivity contribution in [3.8, 4) is 5.75 Å². The molecule has 1 atom stereocenters. The Hall–Kier alpha value is -1.93. The van der Waals surface area contributed by atoms with E-state index in [1.807, 2.05) is 29.6 Å². The number of hydrogen-bond donors (Lipinski definition) is 2. The molecular formula is C17H17NO4S2. The maximum atomic E-state index is 12.3. The number of thiophene rings is 1. The minimum Gasteiger partial charge on any atom is -0.497 e. The van der Waals surface area contributed by atoms with Crippen LogP contribution in [-0.2, 0) is 10.0 Å². The summed E-state index contributed by atoms with van der Waals surface area (Å²) in [5.41, 5.74) is 0.730. The average Bonchev–Trinajstić information content (AvgIpc) is 3.04. The van der Waals surface area contributed by atoms with Crippen molar-refractivity contribution in [1.29, 1.82) is 0 Å². The summed E-state index contributed by atoms with van der Waals surface area (Å²) < 4.78 is 33.1. The second-order valence-electron chi connectivity index (χ2n) is 5.23. The van der Waals surface area contributed by atoms with Crippen molar-refractivity contribution in [2.45, 2.75) is 11.0 Å². The predicted molar refractivity (Wildman–Crippen MR) is 95.0 cm³/mol. The molecule has 7 heteroatoms. The molecule has 0 aliphatic heterocycles. The first-order valence-electron chi connectivity index (χ1n) is 7.29. The number of methoxy groups -OCH3 is 1. The van der Waals surface area contributed by atoms with Crippen LogP contribution in [0.25, 0.3) is 10.1 Å². The third-order valence-electron chi connectivity index (χ3n) is 3.71. The fourth-order valence-corrected chi connectivity index (χ4v) is 4.44. The summed E-state index contributed by atoms with van der Waals surface area (Å²) in [5.74, 6) is 0.582. The Morgan fingerprint density at radius 2 is 1.88 bits per heavy atom. The van der Waals surface area contributed by atoms with Gasteiger partial charge in [0.2, 0.25) is 10.0 Å². The standard InChI is InChI=1S/C17H17NO4S2/c1-22-12-6-8-13(9-7-12)24(20,21)18-10-16(19)15-11-23-17-5-3-2-4-14(15)17/h2-9,11,16,18-19H,10H2,1H3. The summed E-state index contributed by atoms with van der Waals surface area (Å²) in [6, 6.07) is 13.8. The smallest absolute Gasteiger partial charge is 0.240 e. The molecule has 0 radical (unpaired) electrons. The highest BCUT2D eigenvalue weighted by Crippen LogP contribution is 2.30. The number of nitrogens with one attached hydrogen (secondary N) is 1. The van der Waals surface area contributed by atoms with Crippen LogP contribution in [0.5, 0.6) is 5.75 Å². The lowest BCUT2D eigenvalue weighted by Gasteiger charge is -2.12. The predicted octanol–water partition coefficient (Wildman–Crippen LogP) is 2.92. The van der Waals surface area contributed by atoms with Crippen molar-refractivity contribution < 1.29 is 18.3 Å². The van der Waals surface area contributed by atoms with E-state index >= 15 is 0 Å². The first-order chi connectivity index (χ1) is 11.5. The molecule has 0 spiro atoms. The summed E-state index contributed by atoms with van der Waals surface area (Å²) in [4.78, 5) is 0.130. The van der Waals surface area contributed by atoms with Crippen LogP contribution in [-0.4, -0.2) is 27.2 Å². The zero-order valence-corrected chi connectivity index (χ0v) is 14.6. The molecule has 0 fully saturated rings. The number of fused-ring (bicyclic) bond motifs is 1. The summed E-state index contributed by atoms with van der Waals surface area (Å²) >= 11 is 1.52. The molecule has 0 saturated carbocycles. The first-order valence-corrected chi connectivity index (χ1v) is 9.65. The minimum atomic E-state index is -3.69. The fourth-order valence-electron chi connectivity index (χ4n) is 2.39. The van der Waals surface area contributed by atoms with Gasteiger partial charge in [-0.3, -0.25) is 0 Å². The molecule has 1 aromatic heterocycles. The van der Waals surface area contributed by atoms with E-state index in [4.69, 9.17) is 4.74 Å². The molecule has 1 unspecified atom stereocenters. The highest BCUT2D eigenvalue weighted by atomic mass is 32.2. The zero-order chi connectivity index (χ0) is 17.2. The number of ether oxygens (including phenoxy) is 1. The van der Waals surface area contributed by atoms with Crippen LogP contribution in [0.1, 0.15) is 11.7 Å². The van der Waals surface area contributed by atoms with Gasteiger partial charge in [-0.2, -0.15) is 0 Å². The average molecular weight is 363 g/mol. The van der Waals surface area contributed by atoms with E-state index in [0.717, 1.165) is 15.6 Å². The van der Waals surface area contributed by atoms with Crippen LogP contribution in [0.3, 0.4) is 0 Å². The van der Waals surface area contributed by atoms with Gasteiger partial charge in [-0.1, -0.05) is 18.2 Å². The molecule has 24 heavy (non-hydrogen) atoms. The molecule has 5 nitrogen and oxygen atoms in total. The summed E-state index contributed by atoms with van der Waals surface area (Å²) in [6.07, 6.45) is -0.908. The Kier molecular flexibility index (Phi) is 4.86. The molecular weight excluding hydrogens is 346 g/mol. The van der Waals surface area contributed by atoms with Crippen molar-refractivity contribution in [3.05, 3.63) is 59.5 Å². The second kappa shape index (κ2) is 6.90. The van der Waals surface area contributed by atoms with Gasteiger partial charge in [-0.25, -0.2) is 13.1 Å². The lowest BCUT2D eigenvalue weighted by Crippen LogP contribution is -2.28. The van der Waals surface area contributed by atoms with Gasteiger partial charge in [0, 0.05) is 16.8 Å². The lowest BCUT2D eigenvalue weighted by atomic mass is 10.1. The molecule has 0 aliphatic rings. The Bertz CT molecular complexity index is 933. The first kappa shape index (κ1) is 16.9. The van der Waals surface area contributed by atoms with E-state index in [0.29, 0.717) is 5.75 Å². The van der Waals surface area contributed by atoms with Crippen molar-refractivity contribution in [3.63, 3.8) is 0 Å². The fraction of sp³-hybridized carbons (Fsp3) is 0.176. The minimum absolute atomic E-state index is 0.0882. The Labute approximate surface area is 144 Å². The summed E-state index contributed by atoms with van der Waals surface area (Å²) in [7, 11) is -2.17. The maximum Gasteiger partial charge on any atom is 0.240 e. The van der Waals surface area contributed by atoms with Gasteiger partial charge in [0.05, 0.1) is 18.1 Å². The van der Waals surface area contributed by atoms with Gasteiger partial charge < -0.3 is 9.84 Å². The van der Waals surface area contributed by atoms with Gasteiger partial charge >= 0.3 is 0 Å². The number of benzene rings is 2. The zero-order valence-electron chi connectivity index (χ0n) is 13.0. The molecule has 126 valence electrons. The number of hydrogen-bond acceptors (Lipinski definition) is 5. The van der Waals surface area contributed by atoms with Gasteiger partial charge in [0.15, 0.2) is 0 Å². The molecule has 0 saturated heterocycles. The SMILES string of the molecule is COc1ccc(S(=O)(=O)NCC(O)c2csc3ccccc23)cc1. The monoisotopic (exact) mass is 363 g/mol. The largest absolute Gasteiger partial charge is 0.497 e. The quantitative estimate of drug-likeness (QED) is 0.706. The second-order valence-corrected chi connectivity index (χ2v) is 7.91. The molecule has 0 amide bonds. The molecule has 0 aliphatic carbocycles. The van der Waals surface area contributed by atoms with Crippen LogP contribution in [0.4, 0.5) is 0 Å². The Morgan fingerprint density at radius 3 is 2.58 bits per heavy atom. The maximum absolute atomic E-state index is 12.3. The van der Waals surface area contributed by atoms with Crippen molar-refractivity contribution in [1.82, 2.24) is 4.72 Å². The van der Waals surface area contributed by atoms with Crippen molar-refractivity contribution in [2.24, 2.45) is 0 Å². The van der Waals surface area contributed by atoms with Crippen molar-refractivity contribution in [2.75, 3.05) is 13.7 Å². The van der Waals surface area contributed by atoms with Crippen LogP contribution in [0.15, 0.2) is 58.8 Å². The van der Waals surface area contributed by atoms with E-state index in [2.05, 4.69) is 4.72 Å². The number of aliphatic hydroxyl groups excluding tert-OH is 1. The van der Waals surface area contributed by atoms with Crippen molar-refractivity contribution >= 4 is 31.4 Å². The van der Waals surface area contributed by atoms with Gasteiger partial charge in [-0.15, -0.1) is 11.3 Å². The Morgan fingerprint density at radius 1 is 1.17 bits per heavy atom. The van der Waals surface area contributed by atoms with E-state index in [1.54, 1.807) is 12.1 Å². The highest BCUT2D eigenvalue weighted by Gasteiger charge is 2.18. The number of aliphatic hydroxyl groups is 1. The summed E-state index contributed by atoms with van der Waals surface area (Å²) in [5, 5.41) is 13.2. The van der Waals surface area contributed by atoms with Crippen LogP contribution >= 0.6 is 11.3 Å². The van der Waals surface area contributed by atoms with Crippen LogP contribution in [0.2, 0.25) is 0 Å². The van der Waals surface area contributed by atoms with Gasteiger partial charge in [0.25, 0.3) is 0 Å². The van der Waals surface area contributed by atoms with Crippen LogP contribution < -0.4 is 9.46 Å². The number of sulfonamides is 1. The molecule has 3 rings (SSSR count). The molecule has 1 heterocycles. The molecule has 2 aromatic carbocycles. The molecule has 0 bridgehead atoms. The highest BCUT2D eigenvalue weighted by molar-refractivity contribution is 7.89. The van der Waals surface area contributed by atoms with Gasteiger partial charge in [0.1, 0.15) is 5.75 Å². The van der Waals surface area contributed by atoms with E-state index in [-0.39, 0.29) is 11.4 Å². The van der Waals surface area contributed by atoms with E-state index < -0.39 is 16.1 Å². The number of rotatable bonds is 6. The third-order valence-corrected chi connectivity index (χ3v) is 6.13. The van der Waals surface area contributed by atoms with Crippen LogP contribution in [0, 0.1) is 0 Å². The topological polar surface area (TPSA) is 75.6 Å². The summed E-state index contributed by atoms with van der Waals surface area (Å²) in [6.45, 7) is -0.0882. The lowest BCUT2D eigenvalue weighted by molar-refractivity contribution is 0.184. The van der Waals surface area contributed by atoms with Gasteiger partial charge in [-0.05, 0) is 41.1 Å². The molecule has 3 aromatic rings. The Balaban J connectivity index is 1.74. The van der Waals surface area contributed by atoms with E-state index in [9.17, 15) is 13.5 Å². The molecule has 2 N–H and O–H groups in total.